The Kier molecular flexibility index (Phi) is 4.61. The molecule has 140 valence electrons. The van der Waals surface area contributed by atoms with Gasteiger partial charge in [0.15, 0.2) is 15.7 Å². The minimum Gasteiger partial charge on any atom is -0.381 e. The van der Waals surface area contributed by atoms with Crippen molar-refractivity contribution in [2.45, 2.75) is 54.8 Å². The first-order valence-corrected chi connectivity index (χ1v) is 11.1. The second kappa shape index (κ2) is 6.78. The zero-order valence-electron chi connectivity index (χ0n) is 15.0. The lowest BCUT2D eigenvalue weighted by Gasteiger charge is -2.34. The van der Waals surface area contributed by atoms with Crippen LogP contribution in [-0.2, 0) is 20.0 Å². The third-order valence-corrected chi connectivity index (χ3v) is 6.82. The predicted octanol–water partition coefficient (Wildman–Crippen LogP) is 3.23. The predicted molar refractivity (Wildman–Crippen MR) is 95.9 cm³/mol. The van der Waals surface area contributed by atoms with Gasteiger partial charge in [0.1, 0.15) is 0 Å². The molecule has 1 aliphatic carbocycles. The van der Waals surface area contributed by atoms with Crippen LogP contribution < -0.4 is 0 Å². The zero-order chi connectivity index (χ0) is 18.2. The van der Waals surface area contributed by atoms with Gasteiger partial charge in [-0.15, -0.1) is 0 Å². The highest BCUT2D eigenvalue weighted by atomic mass is 32.2. The third-order valence-electron chi connectivity index (χ3n) is 5.69. The number of aromatic nitrogens is 2. The monoisotopic (exact) mass is 376 g/mol. The lowest BCUT2D eigenvalue weighted by atomic mass is 9.69. The van der Waals surface area contributed by atoms with Gasteiger partial charge < -0.3 is 9.26 Å². The number of hydrogen-bond acceptors (Lipinski definition) is 6. The topological polar surface area (TPSA) is 82.3 Å². The van der Waals surface area contributed by atoms with E-state index in [2.05, 4.69) is 5.16 Å². The van der Waals surface area contributed by atoms with E-state index in [1.165, 1.54) is 12.7 Å². The molecular formula is C19H24N2O4S. The lowest BCUT2D eigenvalue weighted by Crippen LogP contribution is -2.31. The van der Waals surface area contributed by atoms with E-state index in [9.17, 15) is 8.42 Å². The van der Waals surface area contributed by atoms with E-state index in [-0.39, 0.29) is 11.3 Å². The van der Waals surface area contributed by atoms with E-state index in [1.807, 2.05) is 12.1 Å². The van der Waals surface area contributed by atoms with Gasteiger partial charge in [-0.3, -0.25) is 0 Å². The Bertz CT molecular complexity index is 861. The van der Waals surface area contributed by atoms with E-state index >= 15 is 0 Å². The molecular weight excluding hydrogens is 352 g/mol. The Balaban J connectivity index is 1.72. The molecule has 0 amide bonds. The molecule has 2 aliphatic rings. The minimum atomic E-state index is -3.21. The first-order chi connectivity index (χ1) is 12.5. The Hall–Kier alpha value is -1.73. The number of rotatable bonds is 4. The molecule has 6 nitrogen and oxygen atoms in total. The maximum Gasteiger partial charge on any atom is 0.237 e. The highest BCUT2D eigenvalue weighted by molar-refractivity contribution is 7.90. The van der Waals surface area contributed by atoms with Crippen molar-refractivity contribution in [3.63, 3.8) is 0 Å². The van der Waals surface area contributed by atoms with Gasteiger partial charge in [-0.05, 0) is 37.0 Å². The number of nitrogens with zero attached hydrogens (tertiary/aromatic N) is 2. The summed E-state index contributed by atoms with van der Waals surface area (Å²) in [4.78, 5) is 5.09. The highest BCUT2D eigenvalue weighted by Crippen LogP contribution is 2.44. The van der Waals surface area contributed by atoms with E-state index in [0.29, 0.717) is 17.4 Å². The smallest absolute Gasteiger partial charge is 0.237 e. The Morgan fingerprint density at radius 2 is 1.85 bits per heavy atom. The second-order valence-electron chi connectivity index (χ2n) is 7.46. The first kappa shape index (κ1) is 17.7. The lowest BCUT2D eigenvalue weighted by molar-refractivity contribution is 0.192. The standard InChI is InChI=1S/C19H24N2O4S/c1-26(22,23)16-7-5-15(6-8-16)19(10-3-2-4-11-19)18-20-17(21-25-18)14-9-12-24-13-14/h5-8,14H,2-4,9-13H2,1H3/t14-/m1/s1. The molecule has 0 N–H and O–H groups in total. The van der Waals surface area contributed by atoms with Crippen molar-refractivity contribution in [1.29, 1.82) is 0 Å². The second-order valence-corrected chi connectivity index (χ2v) is 9.47. The van der Waals surface area contributed by atoms with Crippen LogP contribution >= 0.6 is 0 Å². The molecule has 7 heteroatoms. The van der Waals surface area contributed by atoms with Gasteiger partial charge in [-0.2, -0.15) is 4.98 Å². The summed E-state index contributed by atoms with van der Waals surface area (Å²) in [6, 6.07) is 7.18. The van der Waals surface area contributed by atoms with Crippen LogP contribution in [0.1, 0.15) is 61.7 Å². The van der Waals surface area contributed by atoms with Crippen molar-refractivity contribution in [2.75, 3.05) is 19.5 Å². The van der Waals surface area contributed by atoms with Gasteiger partial charge >= 0.3 is 0 Å². The number of benzene rings is 1. The molecule has 1 aromatic carbocycles. The van der Waals surface area contributed by atoms with Crippen LogP contribution in [0.25, 0.3) is 0 Å². The van der Waals surface area contributed by atoms with Crippen molar-refractivity contribution in [3.8, 4) is 0 Å². The van der Waals surface area contributed by atoms with Crippen LogP contribution in [0.15, 0.2) is 33.7 Å². The van der Waals surface area contributed by atoms with E-state index in [0.717, 1.165) is 50.1 Å². The summed E-state index contributed by atoms with van der Waals surface area (Å²) in [7, 11) is -3.21. The van der Waals surface area contributed by atoms with Gasteiger partial charge in [-0.1, -0.05) is 36.6 Å². The molecule has 1 aliphatic heterocycles. The summed E-state index contributed by atoms with van der Waals surface area (Å²) >= 11 is 0. The van der Waals surface area contributed by atoms with Crippen molar-refractivity contribution >= 4 is 9.84 Å². The van der Waals surface area contributed by atoms with E-state index in [1.54, 1.807) is 12.1 Å². The van der Waals surface area contributed by atoms with Crippen molar-refractivity contribution in [3.05, 3.63) is 41.5 Å². The molecule has 0 radical (unpaired) electrons. The van der Waals surface area contributed by atoms with Gasteiger partial charge in [0.05, 0.1) is 16.9 Å². The average molecular weight is 376 g/mol. The molecule has 2 fully saturated rings. The van der Waals surface area contributed by atoms with Crippen LogP contribution in [-0.4, -0.2) is 38.0 Å². The molecule has 1 saturated carbocycles. The summed E-state index contributed by atoms with van der Waals surface area (Å²) in [5.74, 6) is 1.60. The third kappa shape index (κ3) is 3.18. The van der Waals surface area contributed by atoms with Crippen LogP contribution in [0.4, 0.5) is 0 Å². The molecule has 1 aromatic heterocycles. The molecule has 0 bridgehead atoms. The van der Waals surface area contributed by atoms with Crippen molar-refractivity contribution in [2.24, 2.45) is 0 Å². The van der Waals surface area contributed by atoms with Crippen LogP contribution in [0, 0.1) is 0 Å². The molecule has 1 saturated heterocycles. The molecule has 1 atom stereocenters. The zero-order valence-corrected chi connectivity index (χ0v) is 15.8. The Morgan fingerprint density at radius 3 is 2.46 bits per heavy atom. The first-order valence-electron chi connectivity index (χ1n) is 9.21. The minimum absolute atomic E-state index is 0.209. The highest BCUT2D eigenvalue weighted by Gasteiger charge is 2.41. The Labute approximate surface area is 153 Å². The van der Waals surface area contributed by atoms with E-state index in [4.69, 9.17) is 14.2 Å². The SMILES string of the molecule is CS(=O)(=O)c1ccc(C2(c3nc([C@@H]4CCOC4)no3)CCCCC2)cc1. The van der Waals surface area contributed by atoms with Gasteiger partial charge in [0.2, 0.25) is 5.89 Å². The summed E-state index contributed by atoms with van der Waals surface area (Å²) < 4.78 is 34.7. The molecule has 2 aromatic rings. The fourth-order valence-corrected chi connectivity index (χ4v) is 4.77. The molecule has 0 spiro atoms. The van der Waals surface area contributed by atoms with Crippen molar-refractivity contribution in [1.82, 2.24) is 10.1 Å². The maximum absolute atomic E-state index is 11.8. The number of ether oxygens (including phenoxy) is 1. The molecule has 26 heavy (non-hydrogen) atoms. The summed E-state index contributed by atoms with van der Waals surface area (Å²) in [5.41, 5.74) is 0.737. The Morgan fingerprint density at radius 1 is 1.12 bits per heavy atom. The van der Waals surface area contributed by atoms with Gasteiger partial charge in [-0.25, -0.2) is 8.42 Å². The fourth-order valence-electron chi connectivity index (χ4n) is 4.14. The fraction of sp³-hybridized carbons (Fsp3) is 0.579. The van der Waals surface area contributed by atoms with Crippen molar-refractivity contribution < 1.29 is 17.7 Å². The number of hydrogen-bond donors (Lipinski definition) is 0. The average Bonchev–Trinajstić information content (AvgIpc) is 3.33. The van der Waals surface area contributed by atoms with Gasteiger partial charge in [0, 0.05) is 18.8 Å². The molecule has 2 heterocycles. The summed E-state index contributed by atoms with van der Waals surface area (Å²) in [6.45, 7) is 1.39. The summed E-state index contributed by atoms with van der Waals surface area (Å²) in [5, 5.41) is 4.24. The molecule has 0 unspecified atom stereocenters. The number of sulfone groups is 1. The summed E-state index contributed by atoms with van der Waals surface area (Å²) in [6.07, 6.45) is 7.42. The normalized spacial score (nSPS) is 23.2. The van der Waals surface area contributed by atoms with Crippen LogP contribution in [0.2, 0.25) is 0 Å². The molecule has 4 rings (SSSR count). The van der Waals surface area contributed by atoms with Crippen LogP contribution in [0.3, 0.4) is 0 Å². The van der Waals surface area contributed by atoms with E-state index < -0.39 is 9.84 Å². The quantitative estimate of drug-likeness (QED) is 0.815. The largest absolute Gasteiger partial charge is 0.381 e. The van der Waals surface area contributed by atoms with Gasteiger partial charge in [0.25, 0.3) is 0 Å². The van der Waals surface area contributed by atoms with Crippen LogP contribution in [0.5, 0.6) is 0 Å². The maximum atomic E-state index is 11.8.